The number of hydrogen-bond donors (Lipinski definition) is 2. The molecule has 1 heterocycles. The molecule has 0 atom stereocenters. The van der Waals surface area contributed by atoms with Gasteiger partial charge in [-0.3, -0.25) is 9.88 Å². The van der Waals surface area contributed by atoms with Crippen LogP contribution in [0.2, 0.25) is 0 Å². The molecule has 1 aromatic heterocycles. The van der Waals surface area contributed by atoms with Crippen LogP contribution in [-0.2, 0) is 0 Å². The second kappa shape index (κ2) is 4.63. The molecule has 0 aliphatic rings. The lowest BCUT2D eigenvalue weighted by Crippen LogP contribution is -2.41. The van der Waals surface area contributed by atoms with Crippen molar-refractivity contribution >= 4 is 17.4 Å². The number of nitrogens with two attached hydrogens (primary N) is 1. The summed E-state index contributed by atoms with van der Waals surface area (Å²) in [5.74, 6) is 0. The normalized spacial score (nSPS) is 10.1. The van der Waals surface area contributed by atoms with Crippen LogP contribution in [-0.4, -0.2) is 24.1 Å². The number of carbonyl (C=O) groups excluding carboxylic acids is 1. The minimum atomic E-state index is -0.178. The van der Waals surface area contributed by atoms with Crippen LogP contribution in [0, 0.1) is 0 Å². The molecule has 82 valence electrons. The maximum absolute atomic E-state index is 11.6. The highest BCUT2D eigenvalue weighted by molar-refractivity contribution is 5.94. The summed E-state index contributed by atoms with van der Waals surface area (Å²) in [6.07, 6.45) is 3.12. The maximum atomic E-state index is 11.6. The summed E-state index contributed by atoms with van der Waals surface area (Å²) in [7, 11) is 1.67. The summed E-state index contributed by atoms with van der Waals surface area (Å²) < 4.78 is 0. The van der Waals surface area contributed by atoms with Gasteiger partial charge in [0.2, 0.25) is 0 Å². The van der Waals surface area contributed by atoms with Gasteiger partial charge < -0.3 is 11.1 Å². The van der Waals surface area contributed by atoms with Gasteiger partial charge in [-0.15, -0.1) is 0 Å². The van der Waals surface area contributed by atoms with Gasteiger partial charge in [0.15, 0.2) is 0 Å². The first-order valence-electron chi connectivity index (χ1n) is 4.76. The molecule has 2 amide bonds. The lowest BCUT2D eigenvalue weighted by Gasteiger charge is -2.20. The van der Waals surface area contributed by atoms with Crippen molar-refractivity contribution in [2.45, 2.75) is 19.9 Å². The molecule has 1 aromatic rings. The first kappa shape index (κ1) is 11.3. The summed E-state index contributed by atoms with van der Waals surface area (Å²) in [6.45, 7) is 3.81. The van der Waals surface area contributed by atoms with Gasteiger partial charge in [0, 0.05) is 19.3 Å². The van der Waals surface area contributed by atoms with Crippen LogP contribution in [0.3, 0.4) is 0 Å². The van der Waals surface area contributed by atoms with Gasteiger partial charge in [-0.25, -0.2) is 4.79 Å². The zero-order valence-corrected chi connectivity index (χ0v) is 9.19. The second-order valence-corrected chi connectivity index (χ2v) is 3.60. The van der Waals surface area contributed by atoms with E-state index in [1.807, 2.05) is 13.8 Å². The molecule has 5 heteroatoms. The van der Waals surface area contributed by atoms with Gasteiger partial charge in [0.25, 0.3) is 0 Å². The highest BCUT2D eigenvalue weighted by Crippen LogP contribution is 2.19. The summed E-state index contributed by atoms with van der Waals surface area (Å²) in [5, 5.41) is 2.78. The van der Waals surface area contributed by atoms with Gasteiger partial charge >= 0.3 is 6.03 Å². The highest BCUT2D eigenvalue weighted by Gasteiger charge is 2.13. The molecule has 0 unspecified atom stereocenters. The third kappa shape index (κ3) is 2.83. The quantitative estimate of drug-likeness (QED) is 0.767. The van der Waals surface area contributed by atoms with Gasteiger partial charge in [0.1, 0.15) is 0 Å². The largest absolute Gasteiger partial charge is 0.396 e. The van der Waals surface area contributed by atoms with Gasteiger partial charge in [0.05, 0.1) is 17.6 Å². The first-order chi connectivity index (χ1) is 7.02. The van der Waals surface area contributed by atoms with E-state index in [9.17, 15) is 4.79 Å². The highest BCUT2D eigenvalue weighted by atomic mass is 16.2. The average molecular weight is 208 g/mol. The molecule has 1 rings (SSSR count). The van der Waals surface area contributed by atoms with Crippen molar-refractivity contribution in [1.82, 2.24) is 10.3 Å². The summed E-state index contributed by atoms with van der Waals surface area (Å²) in [6, 6.07) is 1.63. The Morgan fingerprint density at radius 3 is 2.80 bits per heavy atom. The van der Waals surface area contributed by atoms with E-state index < -0.39 is 0 Å². The fourth-order valence-corrected chi connectivity index (χ4v) is 1.16. The molecular formula is C10H16N4O. The predicted molar refractivity (Wildman–Crippen MR) is 60.7 cm³/mol. The second-order valence-electron chi connectivity index (χ2n) is 3.60. The zero-order valence-electron chi connectivity index (χ0n) is 9.19. The van der Waals surface area contributed by atoms with Crippen LogP contribution in [0.25, 0.3) is 0 Å². The summed E-state index contributed by atoms with van der Waals surface area (Å²) in [4.78, 5) is 17.0. The lowest BCUT2D eigenvalue weighted by atomic mass is 10.3. The standard InChI is InChI=1S/C10H16N4O/c1-7(2)13-10(15)14(3)9-4-5-12-6-8(9)11/h4-7H,11H2,1-3H3,(H,13,15). The molecule has 0 saturated heterocycles. The van der Waals surface area contributed by atoms with E-state index >= 15 is 0 Å². The number of rotatable bonds is 2. The van der Waals surface area contributed by atoms with E-state index in [2.05, 4.69) is 10.3 Å². The lowest BCUT2D eigenvalue weighted by molar-refractivity contribution is 0.245. The van der Waals surface area contributed by atoms with Gasteiger partial charge in [-0.05, 0) is 19.9 Å². The Morgan fingerprint density at radius 2 is 2.27 bits per heavy atom. The molecule has 0 aliphatic heterocycles. The molecule has 0 spiro atoms. The van der Waals surface area contributed by atoms with Crippen LogP contribution < -0.4 is 16.0 Å². The molecule has 5 nitrogen and oxygen atoms in total. The number of pyridine rings is 1. The first-order valence-corrected chi connectivity index (χ1v) is 4.76. The summed E-state index contributed by atoms with van der Waals surface area (Å²) in [5.41, 5.74) is 6.85. The number of urea groups is 1. The number of amides is 2. The van der Waals surface area contributed by atoms with E-state index in [1.165, 1.54) is 11.1 Å². The number of aromatic nitrogens is 1. The van der Waals surface area contributed by atoms with E-state index in [-0.39, 0.29) is 12.1 Å². The van der Waals surface area contributed by atoms with Crippen molar-refractivity contribution in [3.8, 4) is 0 Å². The minimum Gasteiger partial charge on any atom is -0.396 e. The van der Waals surface area contributed by atoms with Crippen LogP contribution in [0.5, 0.6) is 0 Å². The Hall–Kier alpha value is -1.78. The number of hydrogen-bond acceptors (Lipinski definition) is 3. The van der Waals surface area contributed by atoms with Crippen LogP contribution in [0.4, 0.5) is 16.2 Å². The van der Waals surface area contributed by atoms with E-state index in [4.69, 9.17) is 5.73 Å². The molecule has 3 N–H and O–H groups in total. The maximum Gasteiger partial charge on any atom is 0.321 e. The SMILES string of the molecule is CC(C)NC(=O)N(C)c1ccncc1N. The Morgan fingerprint density at radius 1 is 1.60 bits per heavy atom. The van der Waals surface area contributed by atoms with E-state index in [1.54, 1.807) is 19.3 Å². The van der Waals surface area contributed by atoms with Crippen LogP contribution >= 0.6 is 0 Å². The van der Waals surface area contributed by atoms with Crippen molar-refractivity contribution in [3.05, 3.63) is 18.5 Å². The predicted octanol–water partition coefficient (Wildman–Crippen LogP) is 1.22. The Labute approximate surface area is 89.3 Å². The Kier molecular flexibility index (Phi) is 3.49. The van der Waals surface area contributed by atoms with Crippen molar-refractivity contribution in [2.75, 3.05) is 17.7 Å². The fourth-order valence-electron chi connectivity index (χ4n) is 1.16. The Balaban J connectivity index is 2.81. The fraction of sp³-hybridized carbons (Fsp3) is 0.400. The molecule has 0 aromatic carbocycles. The molecule has 0 aliphatic carbocycles. The van der Waals surface area contributed by atoms with Crippen molar-refractivity contribution in [3.63, 3.8) is 0 Å². The third-order valence-corrected chi connectivity index (χ3v) is 1.91. The molecule has 0 saturated carbocycles. The third-order valence-electron chi connectivity index (χ3n) is 1.91. The van der Waals surface area contributed by atoms with E-state index in [0.29, 0.717) is 11.4 Å². The smallest absolute Gasteiger partial charge is 0.321 e. The molecule has 15 heavy (non-hydrogen) atoms. The number of carbonyl (C=O) groups is 1. The zero-order chi connectivity index (χ0) is 11.4. The number of anilines is 2. The molecule has 0 radical (unpaired) electrons. The number of nitrogen functional groups attached to an aromatic ring is 1. The van der Waals surface area contributed by atoms with Crippen molar-refractivity contribution in [2.24, 2.45) is 0 Å². The van der Waals surface area contributed by atoms with Gasteiger partial charge in [-0.1, -0.05) is 0 Å². The van der Waals surface area contributed by atoms with Crippen LogP contribution in [0.15, 0.2) is 18.5 Å². The molecular weight excluding hydrogens is 192 g/mol. The van der Waals surface area contributed by atoms with Crippen LogP contribution in [0.1, 0.15) is 13.8 Å². The van der Waals surface area contributed by atoms with Crippen molar-refractivity contribution < 1.29 is 4.79 Å². The molecule has 0 bridgehead atoms. The Bertz CT molecular complexity index is 351. The average Bonchev–Trinajstić information content (AvgIpc) is 2.16. The van der Waals surface area contributed by atoms with Crippen molar-refractivity contribution in [1.29, 1.82) is 0 Å². The summed E-state index contributed by atoms with van der Waals surface area (Å²) >= 11 is 0. The number of nitrogens with one attached hydrogen (secondary N) is 1. The van der Waals surface area contributed by atoms with Gasteiger partial charge in [-0.2, -0.15) is 0 Å². The molecule has 0 fully saturated rings. The minimum absolute atomic E-state index is 0.100. The van der Waals surface area contributed by atoms with E-state index in [0.717, 1.165) is 0 Å². The monoisotopic (exact) mass is 208 g/mol. The number of nitrogens with zero attached hydrogens (tertiary/aromatic N) is 2. The topological polar surface area (TPSA) is 71.2 Å².